The van der Waals surface area contributed by atoms with E-state index in [4.69, 9.17) is 5.73 Å². The zero-order valence-electron chi connectivity index (χ0n) is 12.9. The van der Waals surface area contributed by atoms with E-state index in [0.717, 1.165) is 25.1 Å². The van der Waals surface area contributed by atoms with Crippen molar-refractivity contribution in [1.82, 2.24) is 4.90 Å². The van der Waals surface area contributed by atoms with Crippen molar-refractivity contribution in [2.45, 2.75) is 38.3 Å². The summed E-state index contributed by atoms with van der Waals surface area (Å²) in [7, 11) is 0. The van der Waals surface area contributed by atoms with E-state index in [9.17, 15) is 10.1 Å². The van der Waals surface area contributed by atoms with Gasteiger partial charge in [-0.05, 0) is 37.2 Å². The van der Waals surface area contributed by atoms with Gasteiger partial charge in [-0.15, -0.1) is 12.4 Å². The van der Waals surface area contributed by atoms with Crippen LogP contribution in [0.3, 0.4) is 0 Å². The zero-order valence-corrected chi connectivity index (χ0v) is 13.7. The molecule has 5 nitrogen and oxygen atoms in total. The number of hydrogen-bond donors (Lipinski definition) is 1. The Balaban J connectivity index is 0.00000176. The van der Waals surface area contributed by atoms with Gasteiger partial charge in [0, 0.05) is 37.3 Å². The normalized spacial score (nSPS) is 29.5. The van der Waals surface area contributed by atoms with Gasteiger partial charge in [0.1, 0.15) is 0 Å². The molecule has 4 atom stereocenters. The van der Waals surface area contributed by atoms with Crippen molar-refractivity contribution >= 4 is 18.1 Å². The third-order valence-corrected chi connectivity index (χ3v) is 5.29. The topological polar surface area (TPSA) is 72.4 Å². The molecule has 0 aromatic heterocycles. The number of rotatable bonds is 3. The number of nitro groups is 1. The number of nitrogens with two attached hydrogens (primary N) is 1. The number of likely N-dealkylation sites (tertiary alicyclic amines) is 1. The standard InChI is InChI=1S/C16H23N3O2.ClH/c1-11(12-4-2-6-14(8-12)19(20)21)18-9-13-5-3-7-16(17)15(13)10-18;/h2,4,6,8,11,13,15-16H,3,5,7,9-10,17H2,1H3;1H. The molecule has 1 saturated heterocycles. The average Bonchev–Trinajstić information content (AvgIpc) is 2.92. The van der Waals surface area contributed by atoms with Crippen LogP contribution < -0.4 is 5.73 Å². The first-order valence-corrected chi connectivity index (χ1v) is 7.80. The largest absolute Gasteiger partial charge is 0.327 e. The van der Waals surface area contributed by atoms with E-state index in [0.29, 0.717) is 17.9 Å². The molecule has 2 aliphatic rings. The first-order chi connectivity index (χ1) is 10.1. The number of benzene rings is 1. The maximum atomic E-state index is 10.9. The lowest BCUT2D eigenvalue weighted by Gasteiger charge is -2.30. The first-order valence-electron chi connectivity index (χ1n) is 7.80. The van der Waals surface area contributed by atoms with Crippen LogP contribution in [0, 0.1) is 22.0 Å². The van der Waals surface area contributed by atoms with Crippen LogP contribution in [0.5, 0.6) is 0 Å². The zero-order chi connectivity index (χ0) is 15.0. The lowest BCUT2D eigenvalue weighted by atomic mass is 9.78. The summed E-state index contributed by atoms with van der Waals surface area (Å²) in [4.78, 5) is 13.0. The number of nitrogens with zero attached hydrogens (tertiary/aromatic N) is 2. The molecule has 1 aromatic rings. The predicted octanol–water partition coefficient (Wildman–Crippen LogP) is 3.14. The van der Waals surface area contributed by atoms with Gasteiger partial charge in [0.2, 0.25) is 0 Å². The van der Waals surface area contributed by atoms with Crippen molar-refractivity contribution in [2.24, 2.45) is 17.6 Å². The molecule has 22 heavy (non-hydrogen) atoms. The van der Waals surface area contributed by atoms with Crippen LogP contribution in [-0.2, 0) is 0 Å². The van der Waals surface area contributed by atoms with Crippen molar-refractivity contribution in [3.8, 4) is 0 Å². The summed E-state index contributed by atoms with van der Waals surface area (Å²) in [5, 5.41) is 10.9. The Hall–Kier alpha value is -1.17. The fraction of sp³-hybridized carbons (Fsp3) is 0.625. The molecule has 0 amide bonds. The number of halogens is 1. The Bertz CT molecular complexity index is 540. The van der Waals surface area contributed by atoms with Crippen LogP contribution in [0.15, 0.2) is 24.3 Å². The average molecular weight is 326 g/mol. The molecule has 4 unspecified atom stereocenters. The van der Waals surface area contributed by atoms with Gasteiger partial charge in [-0.1, -0.05) is 18.6 Å². The number of nitro benzene ring substituents is 1. The Labute approximate surface area is 137 Å². The van der Waals surface area contributed by atoms with E-state index in [-0.39, 0.29) is 29.1 Å². The molecule has 3 rings (SSSR count). The van der Waals surface area contributed by atoms with Gasteiger partial charge in [-0.25, -0.2) is 0 Å². The molecule has 2 fully saturated rings. The summed E-state index contributed by atoms with van der Waals surface area (Å²) in [6.07, 6.45) is 3.65. The van der Waals surface area contributed by atoms with E-state index in [2.05, 4.69) is 11.8 Å². The minimum absolute atomic E-state index is 0. The van der Waals surface area contributed by atoms with Crippen LogP contribution >= 0.6 is 12.4 Å². The smallest absolute Gasteiger partial charge is 0.269 e. The van der Waals surface area contributed by atoms with Gasteiger partial charge < -0.3 is 5.73 Å². The molecule has 1 aliphatic carbocycles. The Morgan fingerprint density at radius 1 is 1.36 bits per heavy atom. The minimum Gasteiger partial charge on any atom is -0.327 e. The maximum Gasteiger partial charge on any atom is 0.269 e. The summed E-state index contributed by atoms with van der Waals surface area (Å²) in [5.74, 6) is 1.30. The monoisotopic (exact) mass is 325 g/mol. The molecular formula is C16H24ClN3O2. The first kappa shape index (κ1) is 17.2. The highest BCUT2D eigenvalue weighted by Gasteiger charge is 2.40. The quantitative estimate of drug-likeness (QED) is 0.684. The Morgan fingerprint density at radius 2 is 2.14 bits per heavy atom. The van der Waals surface area contributed by atoms with Crippen LogP contribution in [0.25, 0.3) is 0 Å². The van der Waals surface area contributed by atoms with Gasteiger partial charge >= 0.3 is 0 Å². The third kappa shape index (κ3) is 3.26. The van der Waals surface area contributed by atoms with Crippen LogP contribution in [0.1, 0.15) is 37.8 Å². The van der Waals surface area contributed by atoms with Crippen LogP contribution in [0.4, 0.5) is 5.69 Å². The second-order valence-electron chi connectivity index (χ2n) is 6.50. The van der Waals surface area contributed by atoms with E-state index in [1.54, 1.807) is 18.2 Å². The summed E-state index contributed by atoms with van der Waals surface area (Å²) in [6, 6.07) is 7.55. The van der Waals surface area contributed by atoms with Gasteiger partial charge in [-0.2, -0.15) is 0 Å². The summed E-state index contributed by atoms with van der Waals surface area (Å²) >= 11 is 0. The number of fused-ring (bicyclic) bond motifs is 1. The second-order valence-corrected chi connectivity index (χ2v) is 6.50. The molecule has 1 aliphatic heterocycles. The second kappa shape index (κ2) is 6.94. The summed E-state index contributed by atoms with van der Waals surface area (Å²) in [5.41, 5.74) is 7.47. The Morgan fingerprint density at radius 3 is 2.82 bits per heavy atom. The number of hydrogen-bond acceptors (Lipinski definition) is 4. The molecule has 1 aromatic carbocycles. The van der Waals surface area contributed by atoms with E-state index < -0.39 is 0 Å². The predicted molar refractivity (Wildman–Crippen MR) is 89.1 cm³/mol. The van der Waals surface area contributed by atoms with Crippen molar-refractivity contribution in [3.63, 3.8) is 0 Å². The van der Waals surface area contributed by atoms with Crippen LogP contribution in [-0.4, -0.2) is 29.0 Å². The molecule has 0 bridgehead atoms. The number of non-ortho nitro benzene ring substituents is 1. The highest BCUT2D eigenvalue weighted by atomic mass is 35.5. The highest BCUT2D eigenvalue weighted by Crippen LogP contribution is 2.39. The summed E-state index contributed by atoms with van der Waals surface area (Å²) < 4.78 is 0. The third-order valence-electron chi connectivity index (χ3n) is 5.29. The lowest BCUT2D eigenvalue weighted by Crippen LogP contribution is -2.38. The maximum absolute atomic E-state index is 10.9. The fourth-order valence-corrected chi connectivity index (χ4v) is 3.98. The van der Waals surface area contributed by atoms with Gasteiger partial charge in [-0.3, -0.25) is 15.0 Å². The van der Waals surface area contributed by atoms with E-state index in [1.807, 2.05) is 6.07 Å². The van der Waals surface area contributed by atoms with E-state index >= 15 is 0 Å². The van der Waals surface area contributed by atoms with E-state index in [1.165, 1.54) is 12.8 Å². The van der Waals surface area contributed by atoms with Crippen molar-refractivity contribution in [1.29, 1.82) is 0 Å². The molecule has 2 N–H and O–H groups in total. The minimum atomic E-state index is -0.324. The van der Waals surface area contributed by atoms with Gasteiger partial charge in [0.05, 0.1) is 4.92 Å². The Kier molecular flexibility index (Phi) is 5.42. The molecule has 1 saturated carbocycles. The van der Waals surface area contributed by atoms with Gasteiger partial charge in [0.25, 0.3) is 5.69 Å². The van der Waals surface area contributed by atoms with Crippen molar-refractivity contribution in [3.05, 3.63) is 39.9 Å². The summed E-state index contributed by atoms with van der Waals surface area (Å²) in [6.45, 7) is 4.24. The SMILES string of the molecule is CC(c1cccc([N+](=O)[O-])c1)N1CC2CCCC(N)C2C1.Cl. The molecule has 6 heteroatoms. The highest BCUT2D eigenvalue weighted by molar-refractivity contribution is 5.85. The van der Waals surface area contributed by atoms with Crippen molar-refractivity contribution < 1.29 is 4.92 Å². The molecule has 0 spiro atoms. The van der Waals surface area contributed by atoms with Gasteiger partial charge in [0.15, 0.2) is 0 Å². The molecule has 0 radical (unpaired) electrons. The molecular weight excluding hydrogens is 302 g/mol. The molecule has 1 heterocycles. The molecule has 122 valence electrons. The fourth-order valence-electron chi connectivity index (χ4n) is 3.98. The van der Waals surface area contributed by atoms with Crippen LogP contribution in [0.2, 0.25) is 0 Å². The lowest BCUT2D eigenvalue weighted by molar-refractivity contribution is -0.384. The van der Waals surface area contributed by atoms with Crippen molar-refractivity contribution in [2.75, 3.05) is 13.1 Å².